The summed E-state index contributed by atoms with van der Waals surface area (Å²) in [5.41, 5.74) is 4.67. The van der Waals surface area contributed by atoms with Crippen LogP contribution in [-0.2, 0) is 11.3 Å². The SMILES string of the molecule is CN=C(NCc1ncc(-c2ccccc2)[nH]1)NCC1CCCOC1c1ccc(C)cc1.I. The Bertz CT molecular complexity index is 987. The van der Waals surface area contributed by atoms with Gasteiger partial charge in [0, 0.05) is 26.1 Å². The molecule has 6 nitrogen and oxygen atoms in total. The fraction of sp³-hybridized carbons (Fsp3) is 0.360. The molecule has 2 heterocycles. The summed E-state index contributed by atoms with van der Waals surface area (Å²) in [4.78, 5) is 12.2. The number of ether oxygens (including phenoxy) is 1. The first-order valence-corrected chi connectivity index (χ1v) is 10.9. The van der Waals surface area contributed by atoms with Crippen molar-refractivity contribution in [3.05, 3.63) is 77.7 Å². The number of aromatic amines is 1. The molecule has 0 saturated carbocycles. The number of nitrogens with one attached hydrogen (secondary N) is 3. The summed E-state index contributed by atoms with van der Waals surface area (Å²) >= 11 is 0. The van der Waals surface area contributed by atoms with Gasteiger partial charge in [0.2, 0.25) is 0 Å². The number of aromatic nitrogens is 2. The van der Waals surface area contributed by atoms with E-state index in [0.29, 0.717) is 12.5 Å². The Balaban J connectivity index is 0.00000289. The van der Waals surface area contributed by atoms with Crippen LogP contribution in [0.5, 0.6) is 0 Å². The van der Waals surface area contributed by atoms with Crippen LogP contribution >= 0.6 is 24.0 Å². The second-order valence-corrected chi connectivity index (χ2v) is 8.02. The average Bonchev–Trinajstić information content (AvgIpc) is 3.30. The van der Waals surface area contributed by atoms with Gasteiger partial charge in [0.1, 0.15) is 5.82 Å². The first-order chi connectivity index (χ1) is 15.2. The van der Waals surface area contributed by atoms with Crippen molar-refractivity contribution in [1.82, 2.24) is 20.6 Å². The van der Waals surface area contributed by atoms with Crippen LogP contribution in [0, 0.1) is 12.8 Å². The molecule has 1 fully saturated rings. The molecule has 2 aromatic carbocycles. The van der Waals surface area contributed by atoms with Crippen LogP contribution in [0.1, 0.15) is 35.9 Å². The van der Waals surface area contributed by atoms with Gasteiger partial charge in [-0.25, -0.2) is 4.98 Å². The Hall–Kier alpha value is -2.39. The molecular weight excluding hydrogens is 513 g/mol. The molecule has 2 atom stereocenters. The fourth-order valence-electron chi connectivity index (χ4n) is 4.01. The zero-order valence-electron chi connectivity index (χ0n) is 18.7. The van der Waals surface area contributed by atoms with Crippen molar-refractivity contribution in [1.29, 1.82) is 0 Å². The third-order valence-corrected chi connectivity index (χ3v) is 5.74. The molecule has 1 aliphatic rings. The maximum atomic E-state index is 6.14. The molecule has 1 saturated heterocycles. The highest BCUT2D eigenvalue weighted by molar-refractivity contribution is 14.0. The lowest BCUT2D eigenvalue weighted by atomic mass is 9.89. The number of benzene rings is 2. The maximum Gasteiger partial charge on any atom is 0.191 e. The Kier molecular flexibility index (Phi) is 9.11. The predicted octanol–water partition coefficient (Wildman–Crippen LogP) is 4.84. The van der Waals surface area contributed by atoms with Crippen molar-refractivity contribution in [3.8, 4) is 11.3 Å². The molecule has 2 unspecified atom stereocenters. The third kappa shape index (κ3) is 6.32. The zero-order valence-corrected chi connectivity index (χ0v) is 21.0. The summed E-state index contributed by atoms with van der Waals surface area (Å²) < 4.78 is 6.14. The van der Waals surface area contributed by atoms with Gasteiger partial charge in [0.15, 0.2) is 5.96 Å². The van der Waals surface area contributed by atoms with E-state index in [1.54, 1.807) is 7.05 Å². The Morgan fingerprint density at radius 2 is 1.91 bits per heavy atom. The smallest absolute Gasteiger partial charge is 0.191 e. The molecule has 1 aliphatic heterocycles. The molecular formula is C25H32IN5O. The summed E-state index contributed by atoms with van der Waals surface area (Å²) in [6.45, 7) is 4.33. The Morgan fingerprint density at radius 1 is 1.12 bits per heavy atom. The van der Waals surface area contributed by atoms with E-state index < -0.39 is 0 Å². The van der Waals surface area contributed by atoms with Gasteiger partial charge >= 0.3 is 0 Å². The van der Waals surface area contributed by atoms with Gasteiger partial charge in [-0.3, -0.25) is 4.99 Å². The quantitative estimate of drug-likeness (QED) is 0.236. The minimum absolute atomic E-state index is 0. The maximum absolute atomic E-state index is 6.14. The lowest BCUT2D eigenvalue weighted by Gasteiger charge is -2.32. The van der Waals surface area contributed by atoms with Gasteiger partial charge in [-0.1, -0.05) is 60.2 Å². The van der Waals surface area contributed by atoms with Gasteiger partial charge in [0.05, 0.1) is 24.5 Å². The first kappa shape index (κ1) is 24.3. The minimum atomic E-state index is 0. The zero-order chi connectivity index (χ0) is 21.5. The van der Waals surface area contributed by atoms with Gasteiger partial charge in [-0.05, 0) is 30.9 Å². The lowest BCUT2D eigenvalue weighted by molar-refractivity contribution is -0.0265. The third-order valence-electron chi connectivity index (χ3n) is 5.74. The van der Waals surface area contributed by atoms with E-state index in [0.717, 1.165) is 49.0 Å². The topological polar surface area (TPSA) is 74.3 Å². The van der Waals surface area contributed by atoms with Crippen molar-refractivity contribution in [2.75, 3.05) is 20.2 Å². The molecule has 0 aliphatic carbocycles. The van der Waals surface area contributed by atoms with Crippen LogP contribution in [0.15, 0.2) is 65.8 Å². The second-order valence-electron chi connectivity index (χ2n) is 8.02. The molecule has 0 amide bonds. The number of hydrogen-bond acceptors (Lipinski definition) is 3. The van der Waals surface area contributed by atoms with Gasteiger partial charge in [0.25, 0.3) is 0 Å². The molecule has 4 rings (SSSR count). The lowest BCUT2D eigenvalue weighted by Crippen LogP contribution is -2.41. The van der Waals surface area contributed by atoms with Crippen LogP contribution in [0.4, 0.5) is 0 Å². The average molecular weight is 545 g/mol. The first-order valence-electron chi connectivity index (χ1n) is 10.9. The summed E-state index contributed by atoms with van der Waals surface area (Å²) in [6.07, 6.45) is 4.23. The van der Waals surface area contributed by atoms with Crippen LogP contribution in [0.2, 0.25) is 0 Å². The van der Waals surface area contributed by atoms with Crippen molar-refractivity contribution in [2.24, 2.45) is 10.9 Å². The van der Waals surface area contributed by atoms with E-state index in [9.17, 15) is 0 Å². The number of hydrogen-bond donors (Lipinski definition) is 3. The summed E-state index contributed by atoms with van der Waals surface area (Å²) in [5, 5.41) is 6.83. The highest BCUT2D eigenvalue weighted by Crippen LogP contribution is 2.33. The number of nitrogens with zero attached hydrogens (tertiary/aromatic N) is 2. The van der Waals surface area contributed by atoms with E-state index >= 15 is 0 Å². The number of rotatable bonds is 6. The molecule has 0 radical (unpaired) electrons. The predicted molar refractivity (Wildman–Crippen MR) is 140 cm³/mol. The van der Waals surface area contributed by atoms with Crippen LogP contribution in [-0.4, -0.2) is 36.1 Å². The summed E-state index contributed by atoms with van der Waals surface area (Å²) in [7, 11) is 1.79. The van der Waals surface area contributed by atoms with Gasteiger partial charge in [-0.15, -0.1) is 24.0 Å². The largest absolute Gasteiger partial charge is 0.373 e. The van der Waals surface area contributed by atoms with Crippen LogP contribution in [0.3, 0.4) is 0 Å². The Morgan fingerprint density at radius 3 is 2.66 bits per heavy atom. The molecule has 32 heavy (non-hydrogen) atoms. The normalized spacial score (nSPS) is 18.6. The van der Waals surface area contributed by atoms with Crippen LogP contribution in [0.25, 0.3) is 11.3 Å². The van der Waals surface area contributed by atoms with E-state index in [4.69, 9.17) is 4.74 Å². The van der Waals surface area contributed by atoms with Crippen molar-refractivity contribution >= 4 is 29.9 Å². The van der Waals surface area contributed by atoms with E-state index in [-0.39, 0.29) is 30.1 Å². The standard InChI is InChI=1S/C25H31N5O.HI/c1-18-10-12-20(13-11-18)24-21(9-6-14-31-24)15-28-25(26-2)29-17-23-27-16-22(30-23)19-7-4-3-5-8-19;/h3-5,7-8,10-13,16,21,24H,6,9,14-15,17H2,1-2H3,(H,27,30)(H2,26,28,29);1H. The van der Waals surface area contributed by atoms with E-state index in [2.05, 4.69) is 68.9 Å². The highest BCUT2D eigenvalue weighted by Gasteiger charge is 2.27. The van der Waals surface area contributed by atoms with Gasteiger partial charge < -0.3 is 20.4 Å². The highest BCUT2D eigenvalue weighted by atomic mass is 127. The van der Waals surface area contributed by atoms with Crippen molar-refractivity contribution in [3.63, 3.8) is 0 Å². The molecule has 170 valence electrons. The van der Waals surface area contributed by atoms with Gasteiger partial charge in [-0.2, -0.15) is 0 Å². The van der Waals surface area contributed by atoms with E-state index in [1.165, 1.54) is 11.1 Å². The van der Waals surface area contributed by atoms with Crippen molar-refractivity contribution < 1.29 is 4.74 Å². The molecule has 3 N–H and O–H groups in total. The summed E-state index contributed by atoms with van der Waals surface area (Å²) in [6, 6.07) is 18.9. The molecule has 0 bridgehead atoms. The molecule has 7 heteroatoms. The number of aliphatic imine (C=N–C) groups is 1. The molecule has 1 aromatic heterocycles. The number of halogens is 1. The number of H-pyrrole nitrogens is 1. The molecule has 3 aromatic rings. The summed E-state index contributed by atoms with van der Waals surface area (Å²) in [5.74, 6) is 2.05. The second kappa shape index (κ2) is 12.0. The van der Waals surface area contributed by atoms with Crippen molar-refractivity contribution in [2.45, 2.75) is 32.4 Å². The molecule has 0 spiro atoms. The monoisotopic (exact) mass is 545 g/mol. The number of guanidine groups is 1. The minimum Gasteiger partial charge on any atom is -0.373 e. The Labute approximate surface area is 207 Å². The fourth-order valence-corrected chi connectivity index (χ4v) is 4.01. The van der Waals surface area contributed by atoms with E-state index in [1.807, 2.05) is 24.4 Å². The van der Waals surface area contributed by atoms with Crippen LogP contribution < -0.4 is 10.6 Å². The number of aryl methyl sites for hydroxylation is 1. The number of imidazole rings is 1.